The lowest BCUT2D eigenvalue weighted by atomic mass is 9.91. The lowest BCUT2D eigenvalue weighted by Gasteiger charge is -2.40. The van der Waals surface area contributed by atoms with Gasteiger partial charge in [0, 0.05) is 22.2 Å². The summed E-state index contributed by atoms with van der Waals surface area (Å²) in [6.07, 6.45) is -1.45. The minimum absolute atomic E-state index is 0.0215. The van der Waals surface area contributed by atoms with E-state index in [-0.39, 0.29) is 24.9 Å². The second-order valence-electron chi connectivity index (χ2n) is 17.9. The molecule has 0 radical (unpaired) electrons. The third-order valence-electron chi connectivity index (χ3n) is 13.1. The molecular weight excluding hydrogens is 991 g/mol. The monoisotopic (exact) mass is 1040 g/mol. The van der Waals surface area contributed by atoms with Gasteiger partial charge in [-0.15, -0.1) is 20.4 Å². The fourth-order valence-corrected chi connectivity index (χ4v) is 13.2. The molecule has 3 aliphatic rings. The average molecular weight is 1050 g/mol. The largest absolute Gasteiger partial charge is 0.415 e. The first-order valence-corrected chi connectivity index (χ1v) is 26.8. The predicted octanol–water partition coefficient (Wildman–Crippen LogP) is 10.5. The number of aromatic nitrogens is 4. The number of nitrogens with one attached hydrogen (secondary N) is 1. The van der Waals surface area contributed by atoms with Gasteiger partial charge in [0.15, 0.2) is 0 Å². The Kier molecular flexibility index (Phi) is 16.8. The first-order valence-electron chi connectivity index (χ1n) is 23.4. The molecule has 3 fully saturated rings. The van der Waals surface area contributed by atoms with Gasteiger partial charge < -0.3 is 19.1 Å². The molecule has 0 atom stereocenters. The molecule has 22 heteroatoms. The topological polar surface area (TPSA) is 168 Å². The number of alkyl halides is 5. The summed E-state index contributed by atoms with van der Waals surface area (Å²) in [7, 11) is -7.35. The Balaban J connectivity index is 0.000000194. The molecule has 14 nitrogen and oxygen atoms in total. The zero-order chi connectivity index (χ0) is 50.3. The van der Waals surface area contributed by atoms with E-state index in [1.54, 1.807) is 78.9 Å². The SMILES string of the molecule is Cc1cccc(N(Cc2ccc(-c3nnc(C(F)F)o3)cc2)S(=O)(=O)C2CCN(C3CCC(F)CC3)CC2)c1.O=S(=O)(C1CCNCC1)N(Cc1ccc(-c2nnc(C(F)F)o2)cc1)c1cccc(Cl)c1. The Bertz CT molecular complexity index is 2910. The number of likely N-dealkylation sites (tertiary alicyclic amines) is 1. The van der Waals surface area contributed by atoms with E-state index in [1.165, 1.54) is 8.61 Å². The van der Waals surface area contributed by atoms with E-state index < -0.39 is 61.4 Å². The first-order chi connectivity index (χ1) is 34.0. The van der Waals surface area contributed by atoms with E-state index in [1.807, 2.05) is 25.1 Å². The maximum absolute atomic E-state index is 14.0. The number of piperidine rings is 2. The van der Waals surface area contributed by atoms with Crippen LogP contribution in [0.25, 0.3) is 22.9 Å². The zero-order valence-electron chi connectivity index (χ0n) is 38.8. The molecule has 380 valence electrons. The molecule has 6 aromatic rings. The molecule has 2 aromatic heterocycles. The summed E-state index contributed by atoms with van der Waals surface area (Å²) >= 11 is 6.13. The van der Waals surface area contributed by atoms with E-state index >= 15 is 0 Å². The molecule has 4 aromatic carbocycles. The highest BCUT2D eigenvalue weighted by Gasteiger charge is 2.38. The van der Waals surface area contributed by atoms with Crippen molar-refractivity contribution < 1.29 is 47.6 Å². The van der Waals surface area contributed by atoms with Crippen LogP contribution in [0.3, 0.4) is 0 Å². The third kappa shape index (κ3) is 12.8. The molecule has 2 aliphatic heterocycles. The van der Waals surface area contributed by atoms with Gasteiger partial charge in [0.25, 0.3) is 11.8 Å². The van der Waals surface area contributed by atoms with Gasteiger partial charge in [-0.3, -0.25) is 8.61 Å². The highest BCUT2D eigenvalue weighted by atomic mass is 35.5. The van der Waals surface area contributed by atoms with Gasteiger partial charge in [0.1, 0.15) is 6.17 Å². The minimum atomic E-state index is -3.70. The number of nitrogens with zero attached hydrogens (tertiary/aromatic N) is 7. The Labute approximate surface area is 414 Å². The number of anilines is 2. The lowest BCUT2D eigenvalue weighted by Crippen LogP contribution is -2.49. The number of halogens is 6. The number of hydrogen-bond donors (Lipinski definition) is 1. The maximum Gasteiger partial charge on any atom is 0.314 e. The Hall–Kier alpha value is -5.48. The van der Waals surface area contributed by atoms with Crippen LogP contribution in [0.5, 0.6) is 0 Å². The van der Waals surface area contributed by atoms with Crippen molar-refractivity contribution in [2.24, 2.45) is 0 Å². The van der Waals surface area contributed by atoms with Gasteiger partial charge in [0.2, 0.25) is 31.8 Å². The number of aryl methyl sites for hydroxylation is 1. The van der Waals surface area contributed by atoms with Gasteiger partial charge in [-0.05, 0) is 156 Å². The Morgan fingerprint density at radius 1 is 0.634 bits per heavy atom. The van der Waals surface area contributed by atoms with Gasteiger partial charge in [-0.1, -0.05) is 54.1 Å². The third-order valence-corrected chi connectivity index (χ3v) is 17.8. The predicted molar refractivity (Wildman–Crippen MR) is 260 cm³/mol. The molecule has 0 bridgehead atoms. The standard InChI is InChI=1S/C28H33F3N4O3S.C21H21ClF2N4O3S/c1-19-3-2-4-24(17-19)35(18-20-5-7-21(8-6-20)27-32-33-28(38-27)26(30)31)39(36,37)25-13-15-34(16-14-25)23-11-9-22(29)10-12-23;22-16-2-1-3-17(12-16)28(32(29,30)18-8-10-25-11-9-18)13-14-4-6-15(7-5-14)20-26-27-21(31-20)19(23)24/h2-8,17,22-23,25-26H,9-16,18H2,1H3;1-7,12,18-19,25H,8-11,13H2. The fourth-order valence-electron chi connectivity index (χ4n) is 9.18. The molecule has 0 amide bonds. The van der Waals surface area contributed by atoms with Crippen molar-refractivity contribution in [1.29, 1.82) is 0 Å². The van der Waals surface area contributed by atoms with Crippen molar-refractivity contribution in [1.82, 2.24) is 30.6 Å². The van der Waals surface area contributed by atoms with Gasteiger partial charge in [0.05, 0.1) is 35.0 Å². The van der Waals surface area contributed by atoms with E-state index in [9.17, 15) is 38.8 Å². The Morgan fingerprint density at radius 3 is 1.55 bits per heavy atom. The van der Waals surface area contributed by atoms with Crippen molar-refractivity contribution in [3.63, 3.8) is 0 Å². The first kappa shape index (κ1) is 51.9. The van der Waals surface area contributed by atoms with Crippen molar-refractivity contribution >= 4 is 43.0 Å². The number of rotatable bonds is 15. The highest BCUT2D eigenvalue weighted by molar-refractivity contribution is 7.93. The summed E-state index contributed by atoms with van der Waals surface area (Å²) in [5, 5.41) is 16.6. The van der Waals surface area contributed by atoms with Gasteiger partial charge in [-0.2, -0.15) is 17.6 Å². The van der Waals surface area contributed by atoms with Crippen molar-refractivity contribution in [2.75, 3.05) is 34.8 Å². The van der Waals surface area contributed by atoms with Crippen LogP contribution in [0.1, 0.15) is 92.7 Å². The molecule has 1 N–H and O–H groups in total. The summed E-state index contributed by atoms with van der Waals surface area (Å²) in [4.78, 5) is 2.34. The van der Waals surface area contributed by atoms with E-state index in [0.717, 1.165) is 24.0 Å². The minimum Gasteiger partial charge on any atom is -0.415 e. The zero-order valence-corrected chi connectivity index (χ0v) is 41.2. The normalized spacial score (nSPS) is 18.6. The molecule has 4 heterocycles. The molecule has 2 saturated heterocycles. The molecule has 0 spiro atoms. The second-order valence-corrected chi connectivity index (χ2v) is 22.6. The van der Waals surface area contributed by atoms with Crippen LogP contribution in [0.2, 0.25) is 5.02 Å². The molecule has 1 saturated carbocycles. The number of hydrogen-bond acceptors (Lipinski definition) is 12. The van der Waals surface area contributed by atoms with Crippen molar-refractivity contribution in [3.8, 4) is 22.9 Å². The number of sulfonamides is 2. The fraction of sp³-hybridized carbons (Fsp3) is 0.429. The second kappa shape index (κ2) is 22.9. The van der Waals surface area contributed by atoms with Crippen LogP contribution in [0, 0.1) is 6.92 Å². The average Bonchev–Trinajstić information content (AvgIpc) is 4.09. The summed E-state index contributed by atoms with van der Waals surface area (Å²) in [5.41, 5.74) is 4.41. The summed E-state index contributed by atoms with van der Waals surface area (Å²) in [6.45, 7) is 4.81. The quantitative estimate of drug-likeness (QED) is 0.0968. The molecular formula is C49H54ClF5N8O6S2. The van der Waals surface area contributed by atoms with Crippen LogP contribution in [0.4, 0.5) is 33.3 Å². The number of benzene rings is 4. The summed E-state index contributed by atoms with van der Waals surface area (Å²) in [5.74, 6) is -1.54. The van der Waals surface area contributed by atoms with E-state index in [2.05, 4.69) is 30.6 Å². The van der Waals surface area contributed by atoms with E-state index in [4.69, 9.17) is 20.4 Å². The van der Waals surface area contributed by atoms with Crippen LogP contribution in [-0.2, 0) is 33.1 Å². The summed E-state index contributed by atoms with van der Waals surface area (Å²) < 4.78 is 133. The van der Waals surface area contributed by atoms with Crippen molar-refractivity contribution in [2.45, 2.75) is 107 Å². The lowest BCUT2D eigenvalue weighted by molar-refractivity contribution is 0.103. The van der Waals surface area contributed by atoms with Crippen LogP contribution >= 0.6 is 11.6 Å². The van der Waals surface area contributed by atoms with Crippen LogP contribution in [0.15, 0.2) is 106 Å². The van der Waals surface area contributed by atoms with Crippen LogP contribution < -0.4 is 13.9 Å². The maximum atomic E-state index is 14.0. The van der Waals surface area contributed by atoms with Crippen LogP contribution in [-0.4, -0.2) is 91.0 Å². The Morgan fingerprint density at radius 2 is 1.10 bits per heavy atom. The van der Waals surface area contributed by atoms with Gasteiger partial charge in [-0.25, -0.2) is 21.2 Å². The smallest absolute Gasteiger partial charge is 0.314 e. The summed E-state index contributed by atoms with van der Waals surface area (Å²) in [6, 6.07) is 28.0. The molecule has 1 aliphatic carbocycles. The molecule has 9 rings (SSSR count). The van der Waals surface area contributed by atoms with E-state index in [0.29, 0.717) is 104 Å². The van der Waals surface area contributed by atoms with Gasteiger partial charge >= 0.3 is 12.9 Å². The highest BCUT2D eigenvalue weighted by Crippen LogP contribution is 2.34. The molecule has 71 heavy (non-hydrogen) atoms. The molecule has 0 unspecified atom stereocenters. The van der Waals surface area contributed by atoms with Crippen molar-refractivity contribution in [3.05, 3.63) is 131 Å².